The summed E-state index contributed by atoms with van der Waals surface area (Å²) in [4.78, 5) is 10.7. The third-order valence-corrected chi connectivity index (χ3v) is 0.948. The maximum Gasteiger partial charge on any atom is 0.243 e. The molecule has 58 valence electrons. The van der Waals surface area contributed by atoms with Gasteiger partial charge in [-0.2, -0.15) is 0 Å². The van der Waals surface area contributed by atoms with Crippen LogP contribution >= 0.6 is 0 Å². The Kier molecular flexibility index (Phi) is 5.77. The van der Waals surface area contributed by atoms with Gasteiger partial charge in [-0.3, -0.25) is 4.79 Å². The molecule has 0 saturated heterocycles. The average molecular weight is 142 g/mol. The molecule has 0 atom stereocenters. The van der Waals surface area contributed by atoms with Crippen molar-refractivity contribution in [1.82, 2.24) is 5.32 Å². The molecule has 3 heteroatoms. The van der Waals surface area contributed by atoms with Crippen LogP contribution < -0.4 is 11.1 Å². The first-order valence-electron chi connectivity index (χ1n) is 3.45. The molecule has 0 fully saturated rings. The van der Waals surface area contributed by atoms with E-state index >= 15 is 0 Å². The maximum atomic E-state index is 10.7. The van der Waals surface area contributed by atoms with Gasteiger partial charge in [0.1, 0.15) is 0 Å². The highest BCUT2D eigenvalue weighted by atomic mass is 16.1. The van der Waals surface area contributed by atoms with Crippen LogP contribution in [0.15, 0.2) is 12.2 Å². The Balaban J connectivity index is 3.34. The number of carbonyl (C=O) groups excluding carboxylic acids is 1. The van der Waals surface area contributed by atoms with Crippen molar-refractivity contribution in [2.75, 3.05) is 13.1 Å². The largest absolute Gasteiger partial charge is 0.351 e. The van der Waals surface area contributed by atoms with Gasteiger partial charge >= 0.3 is 0 Å². The van der Waals surface area contributed by atoms with Crippen LogP contribution in [0.2, 0.25) is 0 Å². The maximum absolute atomic E-state index is 10.7. The summed E-state index contributed by atoms with van der Waals surface area (Å²) in [6.45, 7) is 3.02. The van der Waals surface area contributed by atoms with E-state index in [9.17, 15) is 4.79 Å². The first-order chi connectivity index (χ1) is 4.81. The van der Waals surface area contributed by atoms with Crippen molar-refractivity contribution in [1.29, 1.82) is 0 Å². The van der Waals surface area contributed by atoms with E-state index in [1.165, 1.54) is 6.08 Å². The molecule has 0 aliphatic heterocycles. The monoisotopic (exact) mass is 142 g/mol. The number of nitrogens with one attached hydrogen (secondary N) is 1. The summed E-state index contributed by atoms with van der Waals surface area (Å²) in [5, 5.41) is 2.62. The smallest absolute Gasteiger partial charge is 0.243 e. The van der Waals surface area contributed by atoms with Crippen LogP contribution in [-0.2, 0) is 4.79 Å². The number of rotatable bonds is 4. The topological polar surface area (TPSA) is 55.1 Å². The van der Waals surface area contributed by atoms with Crippen molar-refractivity contribution in [2.45, 2.75) is 13.3 Å². The Bertz CT molecular complexity index is 121. The normalized spacial score (nSPS) is 10.2. The third kappa shape index (κ3) is 5.31. The number of hydrogen-bond donors (Lipinski definition) is 2. The van der Waals surface area contributed by atoms with Gasteiger partial charge in [0.25, 0.3) is 0 Å². The first-order valence-corrected chi connectivity index (χ1v) is 3.45. The van der Waals surface area contributed by atoms with Crippen LogP contribution in [-0.4, -0.2) is 19.0 Å². The minimum atomic E-state index is -0.0627. The molecule has 0 aromatic carbocycles. The zero-order chi connectivity index (χ0) is 7.82. The molecule has 0 unspecified atom stereocenters. The molecular weight excluding hydrogens is 128 g/mol. The SMILES string of the molecule is CC/C=C/C(=O)NCCN. The number of hydrogen-bond acceptors (Lipinski definition) is 2. The van der Waals surface area contributed by atoms with E-state index in [1.807, 2.05) is 13.0 Å². The van der Waals surface area contributed by atoms with Gasteiger partial charge in [0.05, 0.1) is 0 Å². The molecule has 0 bridgehead atoms. The lowest BCUT2D eigenvalue weighted by Gasteiger charge is -1.96. The molecule has 0 aliphatic carbocycles. The highest BCUT2D eigenvalue weighted by molar-refractivity contribution is 5.87. The van der Waals surface area contributed by atoms with Gasteiger partial charge in [0, 0.05) is 13.1 Å². The standard InChI is InChI=1S/C7H14N2O/c1-2-3-4-7(10)9-6-5-8/h3-4H,2,5-6,8H2,1H3,(H,9,10)/b4-3+. The fourth-order valence-electron chi connectivity index (χ4n) is 0.479. The van der Waals surface area contributed by atoms with E-state index in [2.05, 4.69) is 5.32 Å². The zero-order valence-corrected chi connectivity index (χ0v) is 6.26. The number of nitrogens with two attached hydrogens (primary N) is 1. The van der Waals surface area contributed by atoms with Gasteiger partial charge < -0.3 is 11.1 Å². The first kappa shape index (κ1) is 9.17. The van der Waals surface area contributed by atoms with Crippen LogP contribution in [0.25, 0.3) is 0 Å². The third-order valence-electron chi connectivity index (χ3n) is 0.948. The summed E-state index contributed by atoms with van der Waals surface area (Å²) < 4.78 is 0. The Labute approximate surface area is 61.3 Å². The fourth-order valence-corrected chi connectivity index (χ4v) is 0.479. The second-order valence-electron chi connectivity index (χ2n) is 1.89. The predicted octanol–water partition coefficient (Wildman–Crippen LogP) is 0.0275. The lowest BCUT2D eigenvalue weighted by Crippen LogP contribution is -2.27. The molecule has 3 nitrogen and oxygen atoms in total. The van der Waals surface area contributed by atoms with Gasteiger partial charge in [-0.25, -0.2) is 0 Å². The lowest BCUT2D eigenvalue weighted by atomic mass is 10.4. The van der Waals surface area contributed by atoms with Crippen LogP contribution in [0.4, 0.5) is 0 Å². The summed E-state index contributed by atoms with van der Waals surface area (Å²) in [7, 11) is 0. The second kappa shape index (κ2) is 6.29. The summed E-state index contributed by atoms with van der Waals surface area (Å²) >= 11 is 0. The molecule has 1 amide bonds. The summed E-state index contributed by atoms with van der Waals surface area (Å²) in [6, 6.07) is 0. The molecule has 10 heavy (non-hydrogen) atoms. The van der Waals surface area contributed by atoms with E-state index in [1.54, 1.807) is 0 Å². The Hall–Kier alpha value is -0.830. The van der Waals surface area contributed by atoms with Crippen molar-refractivity contribution >= 4 is 5.91 Å². The van der Waals surface area contributed by atoms with Crippen molar-refractivity contribution in [2.24, 2.45) is 5.73 Å². The summed E-state index contributed by atoms with van der Waals surface area (Å²) in [6.07, 6.45) is 4.22. The number of carbonyl (C=O) groups is 1. The van der Waals surface area contributed by atoms with E-state index in [0.717, 1.165) is 6.42 Å². The Morgan fingerprint density at radius 1 is 1.70 bits per heavy atom. The van der Waals surface area contributed by atoms with E-state index in [4.69, 9.17) is 5.73 Å². The number of amides is 1. The molecule has 0 aromatic heterocycles. The molecule has 0 aliphatic rings. The van der Waals surface area contributed by atoms with Crippen molar-refractivity contribution < 1.29 is 4.79 Å². The molecule has 0 heterocycles. The van der Waals surface area contributed by atoms with Crippen LogP contribution in [0.1, 0.15) is 13.3 Å². The molecule has 0 radical (unpaired) electrons. The number of allylic oxidation sites excluding steroid dienone is 1. The molecule has 0 aromatic rings. The highest BCUT2D eigenvalue weighted by Gasteiger charge is 1.89. The van der Waals surface area contributed by atoms with Crippen molar-refractivity contribution in [3.63, 3.8) is 0 Å². The highest BCUT2D eigenvalue weighted by Crippen LogP contribution is 1.78. The van der Waals surface area contributed by atoms with Gasteiger partial charge in [-0.15, -0.1) is 0 Å². The van der Waals surface area contributed by atoms with Gasteiger partial charge in [0.15, 0.2) is 0 Å². The quantitative estimate of drug-likeness (QED) is 0.544. The van der Waals surface area contributed by atoms with Gasteiger partial charge in [0.2, 0.25) is 5.91 Å². The molecule has 0 rings (SSSR count). The van der Waals surface area contributed by atoms with Crippen LogP contribution in [0, 0.1) is 0 Å². The van der Waals surface area contributed by atoms with E-state index in [-0.39, 0.29) is 5.91 Å². The average Bonchev–Trinajstić information content (AvgIpc) is 1.97. The Morgan fingerprint density at radius 2 is 2.40 bits per heavy atom. The second-order valence-corrected chi connectivity index (χ2v) is 1.89. The van der Waals surface area contributed by atoms with E-state index in [0.29, 0.717) is 13.1 Å². The van der Waals surface area contributed by atoms with Crippen LogP contribution in [0.5, 0.6) is 0 Å². The van der Waals surface area contributed by atoms with Gasteiger partial charge in [-0.1, -0.05) is 13.0 Å². The van der Waals surface area contributed by atoms with E-state index < -0.39 is 0 Å². The van der Waals surface area contributed by atoms with Gasteiger partial charge in [-0.05, 0) is 12.5 Å². The molecular formula is C7H14N2O. The van der Waals surface area contributed by atoms with Crippen molar-refractivity contribution in [3.05, 3.63) is 12.2 Å². The Morgan fingerprint density at radius 3 is 2.90 bits per heavy atom. The fraction of sp³-hybridized carbons (Fsp3) is 0.571. The minimum Gasteiger partial charge on any atom is -0.351 e. The molecule has 3 N–H and O–H groups in total. The molecule has 0 spiro atoms. The lowest BCUT2D eigenvalue weighted by molar-refractivity contribution is -0.116. The van der Waals surface area contributed by atoms with Crippen molar-refractivity contribution in [3.8, 4) is 0 Å². The summed E-state index contributed by atoms with van der Waals surface area (Å²) in [5.74, 6) is -0.0627. The molecule has 0 saturated carbocycles. The zero-order valence-electron chi connectivity index (χ0n) is 6.26. The predicted molar refractivity (Wildman–Crippen MR) is 41.5 cm³/mol. The van der Waals surface area contributed by atoms with Crippen LogP contribution in [0.3, 0.4) is 0 Å². The minimum absolute atomic E-state index is 0.0627. The summed E-state index contributed by atoms with van der Waals surface area (Å²) in [5.41, 5.74) is 5.17.